The summed E-state index contributed by atoms with van der Waals surface area (Å²) in [6.45, 7) is 3.95. The summed E-state index contributed by atoms with van der Waals surface area (Å²) in [4.78, 5) is 38.6. The number of Topliss-reactive ketones (excluding diaryl/α,β-unsaturated/α-hetero) is 2. The number of carbonyl (C=O) groups excluding carboxylic acids is 3. The molecular formula is C18H21NO3Se. The Morgan fingerprint density at radius 2 is 1.78 bits per heavy atom. The molecule has 122 valence electrons. The van der Waals surface area contributed by atoms with Gasteiger partial charge in [0.25, 0.3) is 0 Å². The molecule has 0 aliphatic carbocycles. The molecule has 2 atom stereocenters. The van der Waals surface area contributed by atoms with Crippen LogP contribution in [-0.2, 0) is 11.2 Å². The number of ketones is 2. The fraction of sp³-hybridized carbons (Fsp3) is 0.500. The van der Waals surface area contributed by atoms with Crippen LogP contribution >= 0.6 is 0 Å². The Morgan fingerprint density at radius 1 is 1.13 bits per heavy atom. The Balaban J connectivity index is 2.13. The van der Waals surface area contributed by atoms with Gasteiger partial charge in [0.15, 0.2) is 0 Å². The minimum absolute atomic E-state index is 0.0158. The standard InChI is InChI=1S/C18H21NO3Se/c1-10(20)13-7-12-8-17(18(22)23-3)19-6-4-5-16(19)15(12)9-14(13)11(2)21/h7,9,16-17H,4-6,8H2,1-3H3/t16-,17?/m1/s1. The van der Waals surface area contributed by atoms with E-state index >= 15 is 0 Å². The summed E-state index contributed by atoms with van der Waals surface area (Å²) in [7, 11) is 0. The molecule has 3 rings (SSSR count). The van der Waals surface area contributed by atoms with E-state index in [0.29, 0.717) is 22.2 Å². The third-order valence-electron chi connectivity index (χ3n) is 4.98. The zero-order valence-corrected chi connectivity index (χ0v) is 15.4. The molecule has 0 radical (unpaired) electrons. The van der Waals surface area contributed by atoms with Crippen molar-refractivity contribution in [2.45, 2.75) is 51.0 Å². The molecule has 5 heteroatoms. The Kier molecular flexibility index (Phi) is 4.54. The van der Waals surface area contributed by atoms with E-state index < -0.39 is 0 Å². The van der Waals surface area contributed by atoms with Gasteiger partial charge in [-0.15, -0.1) is 0 Å². The Morgan fingerprint density at radius 3 is 2.39 bits per heavy atom. The van der Waals surface area contributed by atoms with E-state index in [1.54, 1.807) is 0 Å². The summed E-state index contributed by atoms with van der Waals surface area (Å²) in [6.07, 6.45) is 2.76. The Bertz CT molecular complexity index is 698. The first-order chi connectivity index (χ1) is 10.9. The van der Waals surface area contributed by atoms with Crippen LogP contribution in [0.25, 0.3) is 0 Å². The van der Waals surface area contributed by atoms with Crippen molar-refractivity contribution in [2.24, 2.45) is 0 Å². The minimum atomic E-state index is -0.0885. The SMILES string of the molecule is C[Se]C(=O)C1Cc2cc(C(C)=O)c(C(C)=O)cc2[C@H]2CCCN12. The van der Waals surface area contributed by atoms with E-state index in [-0.39, 0.29) is 38.6 Å². The summed E-state index contributed by atoms with van der Waals surface area (Å²) in [5.41, 5.74) is 3.24. The van der Waals surface area contributed by atoms with Gasteiger partial charge in [-0.05, 0) is 0 Å². The van der Waals surface area contributed by atoms with Crippen molar-refractivity contribution in [1.82, 2.24) is 4.90 Å². The predicted octanol–water partition coefficient (Wildman–Crippen LogP) is 2.43. The molecule has 0 N–H and O–H groups in total. The molecule has 1 fully saturated rings. The van der Waals surface area contributed by atoms with Crippen LogP contribution in [0.2, 0.25) is 5.82 Å². The van der Waals surface area contributed by atoms with Gasteiger partial charge in [0.2, 0.25) is 0 Å². The van der Waals surface area contributed by atoms with Crippen LogP contribution in [0.15, 0.2) is 12.1 Å². The summed E-state index contributed by atoms with van der Waals surface area (Å²) in [6, 6.07) is 3.94. The molecular weight excluding hydrogens is 357 g/mol. The van der Waals surface area contributed by atoms with Gasteiger partial charge >= 0.3 is 142 Å². The Labute approximate surface area is 142 Å². The van der Waals surface area contributed by atoms with Crippen molar-refractivity contribution in [3.05, 3.63) is 34.4 Å². The molecule has 0 saturated carbocycles. The predicted molar refractivity (Wildman–Crippen MR) is 89.2 cm³/mol. The molecule has 23 heavy (non-hydrogen) atoms. The number of hydrogen-bond donors (Lipinski definition) is 0. The van der Waals surface area contributed by atoms with Gasteiger partial charge < -0.3 is 0 Å². The number of rotatable bonds is 4. The van der Waals surface area contributed by atoms with E-state index in [2.05, 4.69) is 4.90 Å². The van der Waals surface area contributed by atoms with Crippen LogP contribution in [0.5, 0.6) is 0 Å². The number of hydrogen-bond acceptors (Lipinski definition) is 4. The van der Waals surface area contributed by atoms with Crippen molar-refractivity contribution in [3.8, 4) is 0 Å². The summed E-state index contributed by atoms with van der Waals surface area (Å²) < 4.78 is 0.329. The third kappa shape index (κ3) is 2.82. The molecule has 1 saturated heterocycles. The fourth-order valence-corrected chi connectivity index (χ4v) is 4.94. The first-order valence-electron chi connectivity index (χ1n) is 7.96. The number of nitrogens with zero attached hydrogens (tertiary/aromatic N) is 1. The Hall–Kier alpha value is -1.29. The number of carbonyl (C=O) groups is 3. The zero-order chi connectivity index (χ0) is 16.7. The molecule has 1 aromatic carbocycles. The maximum absolute atomic E-state index is 12.4. The van der Waals surface area contributed by atoms with Crippen LogP contribution in [0.1, 0.15) is 64.6 Å². The van der Waals surface area contributed by atoms with E-state index in [0.717, 1.165) is 30.5 Å². The average Bonchev–Trinajstić information content (AvgIpc) is 3.01. The van der Waals surface area contributed by atoms with Crippen LogP contribution < -0.4 is 0 Å². The first kappa shape index (κ1) is 16.6. The molecule has 2 aliphatic heterocycles. The van der Waals surface area contributed by atoms with Gasteiger partial charge in [-0.3, -0.25) is 0 Å². The molecule has 2 heterocycles. The average molecular weight is 378 g/mol. The topological polar surface area (TPSA) is 54.5 Å². The molecule has 4 nitrogen and oxygen atoms in total. The molecule has 0 aromatic heterocycles. The van der Waals surface area contributed by atoms with Crippen LogP contribution in [0.3, 0.4) is 0 Å². The van der Waals surface area contributed by atoms with Crippen molar-refractivity contribution < 1.29 is 14.4 Å². The van der Waals surface area contributed by atoms with E-state index in [9.17, 15) is 14.4 Å². The fourth-order valence-electron chi connectivity index (χ4n) is 3.91. The van der Waals surface area contributed by atoms with E-state index in [1.165, 1.54) is 13.8 Å². The van der Waals surface area contributed by atoms with Gasteiger partial charge in [0.1, 0.15) is 0 Å². The second kappa shape index (κ2) is 6.31. The molecule has 1 aromatic rings. The monoisotopic (exact) mass is 379 g/mol. The summed E-state index contributed by atoms with van der Waals surface area (Å²) in [5.74, 6) is 1.81. The maximum atomic E-state index is 12.4. The summed E-state index contributed by atoms with van der Waals surface area (Å²) in [5, 5.41) is 0. The van der Waals surface area contributed by atoms with Gasteiger partial charge in [0, 0.05) is 0 Å². The zero-order valence-electron chi connectivity index (χ0n) is 13.7. The van der Waals surface area contributed by atoms with Gasteiger partial charge in [0.05, 0.1) is 0 Å². The number of fused-ring (bicyclic) bond motifs is 3. The molecule has 1 unspecified atom stereocenters. The number of benzene rings is 1. The molecule has 0 bridgehead atoms. The second-order valence-electron chi connectivity index (χ2n) is 6.35. The second-order valence-corrected chi connectivity index (χ2v) is 8.05. The molecule has 2 aliphatic rings. The van der Waals surface area contributed by atoms with Gasteiger partial charge in [-0.25, -0.2) is 0 Å². The van der Waals surface area contributed by atoms with Crippen molar-refractivity contribution in [2.75, 3.05) is 6.54 Å². The summed E-state index contributed by atoms with van der Waals surface area (Å²) >= 11 is -0.0158. The third-order valence-corrected chi connectivity index (χ3v) is 6.39. The van der Waals surface area contributed by atoms with Crippen molar-refractivity contribution in [3.63, 3.8) is 0 Å². The van der Waals surface area contributed by atoms with E-state index in [1.807, 2.05) is 18.0 Å². The molecule has 0 spiro atoms. The normalized spacial score (nSPS) is 23.3. The van der Waals surface area contributed by atoms with Crippen LogP contribution in [0.4, 0.5) is 0 Å². The van der Waals surface area contributed by atoms with Gasteiger partial charge in [-0.2, -0.15) is 0 Å². The van der Waals surface area contributed by atoms with Gasteiger partial charge in [-0.1, -0.05) is 0 Å². The van der Waals surface area contributed by atoms with Crippen molar-refractivity contribution >= 4 is 31.2 Å². The quantitative estimate of drug-likeness (QED) is 0.597. The van der Waals surface area contributed by atoms with Crippen LogP contribution in [0, 0.1) is 0 Å². The molecule has 0 amide bonds. The van der Waals surface area contributed by atoms with Crippen LogP contribution in [-0.4, -0.2) is 48.7 Å². The van der Waals surface area contributed by atoms with E-state index in [4.69, 9.17) is 0 Å². The van der Waals surface area contributed by atoms with Crippen molar-refractivity contribution in [1.29, 1.82) is 0 Å². The first-order valence-corrected chi connectivity index (χ1v) is 10.5.